The van der Waals surface area contributed by atoms with Crippen molar-refractivity contribution in [2.75, 3.05) is 30.3 Å². The minimum absolute atomic E-state index is 0.236. The maximum atomic E-state index is 11.0. The monoisotopic (exact) mass is 594 g/mol. The van der Waals surface area contributed by atoms with E-state index < -0.39 is 5.97 Å². The van der Waals surface area contributed by atoms with Gasteiger partial charge in [-0.05, 0) is 61.9 Å². The maximum absolute atomic E-state index is 11.0. The molecule has 0 bridgehead atoms. The molecule has 0 radical (unpaired) electrons. The van der Waals surface area contributed by atoms with Crippen molar-refractivity contribution in [1.29, 1.82) is 0 Å². The number of carboxylic acid groups (broad SMARTS) is 1. The van der Waals surface area contributed by atoms with Crippen LogP contribution in [0.15, 0.2) is 71.9 Å². The van der Waals surface area contributed by atoms with Crippen LogP contribution < -0.4 is 15.0 Å². The third kappa shape index (κ3) is 13.4. The Hall–Kier alpha value is -3.59. The lowest BCUT2D eigenvalue weighted by Crippen LogP contribution is -2.36. The number of hydrogen-bond acceptors (Lipinski definition) is 7. The second-order valence-electron chi connectivity index (χ2n) is 10.0. The van der Waals surface area contributed by atoms with Crippen molar-refractivity contribution < 1.29 is 19.4 Å². The summed E-state index contributed by atoms with van der Waals surface area (Å²) in [6, 6.07) is 10.9. The van der Waals surface area contributed by atoms with Crippen LogP contribution in [0, 0.1) is 5.92 Å². The van der Waals surface area contributed by atoms with Crippen molar-refractivity contribution in [3.05, 3.63) is 78.0 Å². The largest absolute Gasteiger partial charge is 0.493 e. The molecule has 0 spiro atoms. The van der Waals surface area contributed by atoms with Gasteiger partial charge in [-0.1, -0.05) is 63.6 Å². The zero-order valence-electron chi connectivity index (χ0n) is 25.4. The Morgan fingerprint density at radius 3 is 2.57 bits per heavy atom. The molecule has 1 saturated heterocycles. The summed E-state index contributed by atoms with van der Waals surface area (Å²) in [6.45, 7) is 11.4. The molecule has 1 atom stereocenters. The zero-order chi connectivity index (χ0) is 30.6. The summed E-state index contributed by atoms with van der Waals surface area (Å²) in [5.41, 5.74) is 1.21. The first-order valence-corrected chi connectivity index (χ1v) is 15.7. The van der Waals surface area contributed by atoms with Crippen molar-refractivity contribution in [3.8, 4) is 5.75 Å². The highest BCUT2D eigenvalue weighted by Gasteiger charge is 2.21. The van der Waals surface area contributed by atoms with E-state index in [0.29, 0.717) is 37.3 Å². The summed E-state index contributed by atoms with van der Waals surface area (Å²) in [6.07, 6.45) is 15.2. The number of amides is 1. The molecule has 2 aliphatic rings. The van der Waals surface area contributed by atoms with Gasteiger partial charge in [0.05, 0.1) is 23.3 Å². The van der Waals surface area contributed by atoms with E-state index in [1.165, 1.54) is 11.5 Å². The Kier molecular flexibility index (Phi) is 16.7. The highest BCUT2D eigenvalue weighted by molar-refractivity contribution is 8.14. The molecule has 228 valence electrons. The molecule has 1 unspecified atom stereocenters. The fourth-order valence-electron chi connectivity index (χ4n) is 4.13. The second-order valence-corrected chi connectivity index (χ2v) is 11.1. The average molecular weight is 595 g/mol. The normalized spacial score (nSPS) is 18.2. The number of thioether (sulfide) groups is 1. The summed E-state index contributed by atoms with van der Waals surface area (Å²) < 4.78 is 5.80. The Labute approximate surface area is 255 Å². The lowest BCUT2D eigenvalue weighted by Gasteiger charge is -2.32. The third-order valence-electron chi connectivity index (χ3n) is 6.34. The van der Waals surface area contributed by atoms with Crippen LogP contribution in [0.3, 0.4) is 0 Å². The number of hydrogen-bond donors (Lipinski definition) is 2. The molecule has 2 N–H and O–H groups in total. The van der Waals surface area contributed by atoms with E-state index in [9.17, 15) is 9.59 Å². The lowest BCUT2D eigenvalue weighted by atomic mass is 9.98. The number of aromatic carboxylic acids is 1. The number of nitrogens with one attached hydrogen (secondary N) is 1. The third-order valence-corrected chi connectivity index (χ3v) is 7.42. The van der Waals surface area contributed by atoms with Gasteiger partial charge >= 0.3 is 5.97 Å². The first-order valence-electron chi connectivity index (χ1n) is 14.8. The highest BCUT2D eigenvalue weighted by atomic mass is 32.2. The molecule has 8 nitrogen and oxygen atoms in total. The van der Waals surface area contributed by atoms with Crippen LogP contribution in [0.2, 0.25) is 0 Å². The summed E-state index contributed by atoms with van der Waals surface area (Å²) in [4.78, 5) is 32.7. The van der Waals surface area contributed by atoms with Gasteiger partial charge in [0.1, 0.15) is 11.6 Å². The number of ether oxygens (including phenoxy) is 1. The van der Waals surface area contributed by atoms with Crippen LogP contribution in [0.4, 0.5) is 5.82 Å². The quantitative estimate of drug-likeness (QED) is 0.308. The number of aliphatic imine (C=N–C) groups is 1. The number of carboxylic acids is 1. The van der Waals surface area contributed by atoms with Crippen LogP contribution in [-0.4, -0.2) is 59.0 Å². The van der Waals surface area contributed by atoms with Gasteiger partial charge in [0.25, 0.3) is 0 Å². The molecule has 3 heterocycles. The number of benzene rings is 1. The summed E-state index contributed by atoms with van der Waals surface area (Å²) in [5, 5.41) is 12.9. The van der Waals surface area contributed by atoms with Gasteiger partial charge in [-0.3, -0.25) is 9.79 Å². The van der Waals surface area contributed by atoms with E-state index in [2.05, 4.69) is 72.2 Å². The number of aromatic nitrogens is 1. The number of allylic oxidation sites excluding steroid dienone is 2. The van der Waals surface area contributed by atoms with E-state index in [-0.39, 0.29) is 5.56 Å². The number of carbonyl (C=O) groups is 2. The average Bonchev–Trinajstić information content (AvgIpc) is 3.12. The Bertz CT molecular complexity index is 1160. The predicted molar refractivity (Wildman–Crippen MR) is 175 cm³/mol. The van der Waals surface area contributed by atoms with Gasteiger partial charge in [0, 0.05) is 31.6 Å². The predicted octanol–water partition coefficient (Wildman–Crippen LogP) is 6.78. The van der Waals surface area contributed by atoms with E-state index in [1.807, 2.05) is 23.9 Å². The molecule has 1 amide bonds. The van der Waals surface area contributed by atoms with E-state index in [1.54, 1.807) is 30.5 Å². The first kappa shape index (κ1) is 34.6. The van der Waals surface area contributed by atoms with Gasteiger partial charge in [-0.25, -0.2) is 9.78 Å². The number of nitrogens with zero attached hydrogens (tertiary/aromatic N) is 3. The molecular weight excluding hydrogens is 548 g/mol. The Balaban J connectivity index is 0.000000342. The zero-order valence-corrected chi connectivity index (χ0v) is 26.2. The van der Waals surface area contributed by atoms with Gasteiger partial charge in [-0.2, -0.15) is 0 Å². The molecule has 9 heteroatoms. The lowest BCUT2D eigenvalue weighted by molar-refractivity contribution is -0.109. The van der Waals surface area contributed by atoms with Gasteiger partial charge in [-0.15, -0.1) is 11.8 Å². The van der Waals surface area contributed by atoms with Gasteiger partial charge in [0.15, 0.2) is 0 Å². The molecule has 4 rings (SSSR count). The fraction of sp³-hybridized carbons (Fsp3) is 0.455. The number of carbonyl (C=O) groups excluding carboxylic acids is 1. The molecular formula is C33H46N4O4S. The molecule has 0 aliphatic carbocycles. The second kappa shape index (κ2) is 20.3. The Morgan fingerprint density at radius 2 is 1.93 bits per heavy atom. The van der Waals surface area contributed by atoms with Crippen molar-refractivity contribution in [2.24, 2.45) is 10.9 Å². The van der Waals surface area contributed by atoms with E-state index in [4.69, 9.17) is 9.84 Å². The molecule has 0 saturated carbocycles. The molecule has 42 heavy (non-hydrogen) atoms. The molecule has 2 aromatic rings. The first-order chi connectivity index (χ1) is 20.4. The summed E-state index contributed by atoms with van der Waals surface area (Å²) in [7, 11) is 0. The van der Waals surface area contributed by atoms with Crippen molar-refractivity contribution in [3.63, 3.8) is 0 Å². The van der Waals surface area contributed by atoms with Crippen LogP contribution >= 0.6 is 11.8 Å². The smallest absolute Gasteiger partial charge is 0.335 e. The number of piperidine rings is 1. The number of rotatable bonds is 9. The van der Waals surface area contributed by atoms with Gasteiger partial charge < -0.3 is 20.1 Å². The number of pyridine rings is 1. The van der Waals surface area contributed by atoms with Crippen molar-refractivity contribution in [1.82, 2.24) is 10.3 Å². The minimum Gasteiger partial charge on any atom is -0.493 e. The standard InChI is InChI=1S/C20H23N3O4.C10H15NS.C3H8/c24-14-21-11-16-4-5-19(22-12-16)23-8-6-15(7-9-23)13-27-18-3-1-2-17(10-18)20(25)26;1-3-10-11-9(2)7-5-4-6-8-12-10;1-3-2/h1-5,10,12,14-15H,6-9,11,13H2,(H,21,24)(H,25,26);4-7,9H,3,8H2,1-2H3;3H2,1-2H3/b;6-4-,7-5-,11-10?;. The van der Waals surface area contributed by atoms with Crippen LogP contribution in [-0.2, 0) is 11.3 Å². The molecule has 2 aliphatic heterocycles. The molecule has 1 aromatic heterocycles. The Morgan fingerprint density at radius 1 is 1.17 bits per heavy atom. The maximum Gasteiger partial charge on any atom is 0.335 e. The molecule has 1 fully saturated rings. The van der Waals surface area contributed by atoms with E-state index in [0.717, 1.165) is 49.5 Å². The fourth-order valence-corrected chi connectivity index (χ4v) is 4.98. The van der Waals surface area contributed by atoms with E-state index >= 15 is 0 Å². The molecule has 1 aromatic carbocycles. The van der Waals surface area contributed by atoms with Crippen LogP contribution in [0.1, 0.15) is 69.3 Å². The highest BCUT2D eigenvalue weighted by Crippen LogP contribution is 2.23. The minimum atomic E-state index is -0.950. The van der Waals surface area contributed by atoms with Crippen LogP contribution in [0.5, 0.6) is 5.75 Å². The number of anilines is 1. The van der Waals surface area contributed by atoms with Crippen molar-refractivity contribution >= 4 is 35.0 Å². The summed E-state index contributed by atoms with van der Waals surface area (Å²) in [5.74, 6) is 2.07. The van der Waals surface area contributed by atoms with Gasteiger partial charge in [0.2, 0.25) is 6.41 Å². The summed E-state index contributed by atoms with van der Waals surface area (Å²) >= 11 is 1.84. The SMILES string of the molecule is CCC.CCC1=NC(C)/C=C\C=C/CS1.O=CNCc1ccc(N2CCC(COc3cccc(C(=O)O)c3)CC2)nc1. The van der Waals surface area contributed by atoms with Crippen LogP contribution in [0.25, 0.3) is 0 Å². The topological polar surface area (TPSA) is 104 Å². The van der Waals surface area contributed by atoms with Crippen molar-refractivity contribution in [2.45, 2.75) is 66.0 Å².